The molecule has 2 aliphatic rings. The summed E-state index contributed by atoms with van der Waals surface area (Å²) in [6.45, 7) is 8.58. The Morgan fingerprint density at radius 2 is 1.95 bits per heavy atom. The standard InChI is InChI=1S/C33H39N3O7/c1-5-20(2)30(39)43-32(3,4)33(17-23-14-28(34)35-19-25(23)15-29(38)36-9-7-10-36)18-24-13-22-12-21(8-6-11-37)31(40)41-26(22)16-27(24)42-33/h5,12-14,16,19,37H,6-11,15,17-18H2,1-4H3,(H2,34,35). The molecule has 2 aromatic heterocycles. The molecule has 4 heterocycles. The predicted molar refractivity (Wildman–Crippen MR) is 162 cm³/mol. The van der Waals surface area contributed by atoms with Crippen LogP contribution < -0.4 is 16.1 Å². The van der Waals surface area contributed by atoms with Gasteiger partial charge in [0.1, 0.15) is 22.8 Å². The van der Waals surface area contributed by atoms with Crippen LogP contribution in [0.2, 0.25) is 0 Å². The Hall–Kier alpha value is -4.18. The van der Waals surface area contributed by atoms with E-state index >= 15 is 0 Å². The minimum absolute atomic E-state index is 0.0241. The third-order valence-electron chi connectivity index (χ3n) is 8.70. The lowest BCUT2D eigenvalue weighted by molar-refractivity contribution is -0.174. The number of allylic oxidation sites excluding steroid dienone is 1. The Kier molecular flexibility index (Phi) is 8.34. The van der Waals surface area contributed by atoms with Crippen molar-refractivity contribution in [2.45, 2.75) is 77.4 Å². The second-order valence-corrected chi connectivity index (χ2v) is 12.0. The van der Waals surface area contributed by atoms with Crippen molar-refractivity contribution in [3.05, 3.63) is 74.8 Å². The minimum atomic E-state index is -1.15. The van der Waals surface area contributed by atoms with Crippen molar-refractivity contribution in [1.82, 2.24) is 9.88 Å². The maximum absolute atomic E-state index is 13.1. The van der Waals surface area contributed by atoms with Gasteiger partial charge < -0.3 is 29.6 Å². The van der Waals surface area contributed by atoms with E-state index in [-0.39, 0.29) is 25.4 Å². The number of esters is 1. The Labute approximate surface area is 250 Å². The number of aromatic nitrogens is 1. The normalized spacial score (nSPS) is 18.3. The molecule has 1 aromatic carbocycles. The number of aliphatic hydroxyl groups is 1. The van der Waals surface area contributed by atoms with Crippen LogP contribution in [0.15, 0.2) is 51.3 Å². The fourth-order valence-electron chi connectivity index (χ4n) is 5.66. The first-order valence-corrected chi connectivity index (χ1v) is 14.7. The first-order chi connectivity index (χ1) is 20.4. The van der Waals surface area contributed by atoms with E-state index in [2.05, 4.69) is 4.98 Å². The first kappa shape index (κ1) is 30.3. The Morgan fingerprint density at radius 1 is 1.19 bits per heavy atom. The van der Waals surface area contributed by atoms with Gasteiger partial charge in [0.25, 0.3) is 0 Å². The number of aliphatic hydroxyl groups excluding tert-OH is 1. The number of aryl methyl sites for hydroxylation is 1. The number of amides is 1. The molecule has 5 rings (SSSR count). The molecular weight excluding hydrogens is 550 g/mol. The number of carbonyl (C=O) groups is 2. The van der Waals surface area contributed by atoms with Crippen LogP contribution in [0.5, 0.6) is 5.75 Å². The van der Waals surface area contributed by atoms with Crippen LogP contribution in [-0.4, -0.2) is 57.8 Å². The zero-order valence-electron chi connectivity index (χ0n) is 25.2. The molecule has 0 spiro atoms. The smallest absolute Gasteiger partial charge is 0.339 e. The molecule has 10 nitrogen and oxygen atoms in total. The third kappa shape index (κ3) is 6.01. The number of nitrogen functional groups attached to an aromatic ring is 1. The highest BCUT2D eigenvalue weighted by atomic mass is 16.6. The summed E-state index contributed by atoms with van der Waals surface area (Å²) in [6.07, 6.45) is 6.01. The molecule has 3 N–H and O–H groups in total. The second-order valence-electron chi connectivity index (χ2n) is 12.0. The molecule has 43 heavy (non-hydrogen) atoms. The highest BCUT2D eigenvalue weighted by molar-refractivity contribution is 5.88. The minimum Gasteiger partial charge on any atom is -0.482 e. The molecule has 1 amide bonds. The number of fused-ring (bicyclic) bond motifs is 2. The molecule has 0 saturated carbocycles. The topological polar surface area (TPSA) is 145 Å². The summed E-state index contributed by atoms with van der Waals surface area (Å²) in [7, 11) is 0. The van der Waals surface area contributed by atoms with E-state index in [1.54, 1.807) is 44.3 Å². The molecule has 10 heteroatoms. The lowest BCUT2D eigenvalue weighted by atomic mass is 9.76. The number of benzene rings is 1. The van der Waals surface area contributed by atoms with Gasteiger partial charge in [-0.3, -0.25) is 4.79 Å². The maximum atomic E-state index is 13.1. The number of hydrogen-bond acceptors (Lipinski definition) is 9. The molecule has 1 fully saturated rings. The number of ether oxygens (including phenoxy) is 2. The molecule has 3 aromatic rings. The lowest BCUT2D eigenvalue weighted by Gasteiger charge is -2.43. The number of nitrogens with two attached hydrogens (primary N) is 1. The summed E-state index contributed by atoms with van der Waals surface area (Å²) in [5.74, 6) is 0.393. The van der Waals surface area contributed by atoms with E-state index in [1.807, 2.05) is 24.8 Å². The van der Waals surface area contributed by atoms with E-state index in [0.29, 0.717) is 47.5 Å². The van der Waals surface area contributed by atoms with Crippen LogP contribution in [0.4, 0.5) is 5.82 Å². The average molecular weight is 590 g/mol. The van der Waals surface area contributed by atoms with Gasteiger partial charge in [-0.25, -0.2) is 14.6 Å². The summed E-state index contributed by atoms with van der Waals surface area (Å²) >= 11 is 0. The average Bonchev–Trinajstić information content (AvgIpc) is 3.29. The number of pyridine rings is 1. The highest BCUT2D eigenvalue weighted by Gasteiger charge is 2.54. The molecule has 0 radical (unpaired) electrons. The van der Waals surface area contributed by atoms with Crippen LogP contribution >= 0.6 is 0 Å². The number of rotatable bonds is 10. The number of likely N-dealkylation sites (tertiary alicyclic amines) is 1. The second kappa shape index (κ2) is 11.8. The van der Waals surface area contributed by atoms with Gasteiger partial charge in [0.2, 0.25) is 5.91 Å². The Bertz CT molecular complexity index is 1650. The molecule has 0 bridgehead atoms. The van der Waals surface area contributed by atoms with Crippen LogP contribution in [0.25, 0.3) is 11.0 Å². The molecule has 228 valence electrons. The Morgan fingerprint density at radius 3 is 2.63 bits per heavy atom. The number of carbonyl (C=O) groups excluding carboxylic acids is 2. The van der Waals surface area contributed by atoms with Crippen molar-refractivity contribution in [3.8, 4) is 5.75 Å². The largest absolute Gasteiger partial charge is 0.482 e. The third-order valence-corrected chi connectivity index (χ3v) is 8.70. The van der Waals surface area contributed by atoms with Crippen LogP contribution in [0.3, 0.4) is 0 Å². The zero-order valence-corrected chi connectivity index (χ0v) is 25.2. The Balaban J connectivity index is 1.57. The van der Waals surface area contributed by atoms with Crippen molar-refractivity contribution >= 4 is 28.7 Å². The van der Waals surface area contributed by atoms with E-state index in [1.165, 1.54) is 0 Å². The SMILES string of the molecule is CC=C(C)C(=O)OC(C)(C)C1(Cc2cc(N)ncc2CC(=O)N2CCC2)Cc2cc3cc(CCCO)c(=O)oc3cc2O1. The molecule has 0 aliphatic carbocycles. The van der Waals surface area contributed by atoms with Crippen molar-refractivity contribution in [3.63, 3.8) is 0 Å². The molecule has 1 saturated heterocycles. The van der Waals surface area contributed by atoms with Gasteiger partial charge in [0, 0.05) is 61.3 Å². The summed E-state index contributed by atoms with van der Waals surface area (Å²) in [5, 5.41) is 9.97. The number of hydrogen-bond donors (Lipinski definition) is 2. The molecular formula is C33H39N3O7. The fourth-order valence-corrected chi connectivity index (χ4v) is 5.66. The summed E-state index contributed by atoms with van der Waals surface area (Å²) in [5.41, 5.74) is 7.15. The van der Waals surface area contributed by atoms with Crippen molar-refractivity contribution < 1.29 is 28.6 Å². The molecule has 1 unspecified atom stereocenters. The van der Waals surface area contributed by atoms with E-state index in [4.69, 9.17) is 19.6 Å². The van der Waals surface area contributed by atoms with Crippen LogP contribution in [0, 0.1) is 0 Å². The van der Waals surface area contributed by atoms with E-state index in [0.717, 1.165) is 41.6 Å². The zero-order chi connectivity index (χ0) is 30.9. The van der Waals surface area contributed by atoms with Gasteiger partial charge >= 0.3 is 11.6 Å². The van der Waals surface area contributed by atoms with Gasteiger partial charge in [-0.1, -0.05) is 6.08 Å². The highest BCUT2D eigenvalue weighted by Crippen LogP contribution is 2.46. The van der Waals surface area contributed by atoms with Gasteiger partial charge in [-0.2, -0.15) is 0 Å². The van der Waals surface area contributed by atoms with Crippen molar-refractivity contribution in [1.29, 1.82) is 0 Å². The van der Waals surface area contributed by atoms with Crippen LogP contribution in [0.1, 0.15) is 62.8 Å². The number of anilines is 1. The summed E-state index contributed by atoms with van der Waals surface area (Å²) in [4.78, 5) is 44.7. The van der Waals surface area contributed by atoms with E-state index < -0.39 is 22.8 Å². The van der Waals surface area contributed by atoms with Gasteiger partial charge in [-0.15, -0.1) is 0 Å². The van der Waals surface area contributed by atoms with Crippen molar-refractivity contribution in [2.24, 2.45) is 0 Å². The lowest BCUT2D eigenvalue weighted by Crippen LogP contribution is -2.58. The van der Waals surface area contributed by atoms with Gasteiger partial charge in [0.15, 0.2) is 5.60 Å². The monoisotopic (exact) mass is 589 g/mol. The van der Waals surface area contributed by atoms with Crippen LogP contribution in [-0.2, 0) is 40.0 Å². The number of nitrogens with zero attached hydrogens (tertiary/aromatic N) is 2. The quantitative estimate of drug-likeness (QED) is 0.205. The maximum Gasteiger partial charge on any atom is 0.339 e. The molecule has 1 atom stereocenters. The van der Waals surface area contributed by atoms with Crippen molar-refractivity contribution in [2.75, 3.05) is 25.4 Å². The van der Waals surface area contributed by atoms with Gasteiger partial charge in [-0.05, 0) is 81.8 Å². The summed E-state index contributed by atoms with van der Waals surface area (Å²) < 4.78 is 18.5. The van der Waals surface area contributed by atoms with E-state index in [9.17, 15) is 19.5 Å². The predicted octanol–water partition coefficient (Wildman–Crippen LogP) is 3.67. The molecule has 2 aliphatic heterocycles. The first-order valence-electron chi connectivity index (χ1n) is 14.7. The summed E-state index contributed by atoms with van der Waals surface area (Å²) in [6, 6.07) is 7.18. The fraction of sp³-hybridized carbons (Fsp3) is 0.455. The van der Waals surface area contributed by atoms with Gasteiger partial charge in [0.05, 0.1) is 6.42 Å².